The maximum Gasteiger partial charge on any atom is 0.0870 e. The third-order valence-corrected chi connectivity index (χ3v) is 4.92. The van der Waals surface area contributed by atoms with Crippen molar-refractivity contribution in [3.8, 4) is 0 Å². The average Bonchev–Trinajstić information content (AvgIpc) is 2.58. The third-order valence-electron chi connectivity index (χ3n) is 4.92. The summed E-state index contributed by atoms with van der Waals surface area (Å²) in [4.78, 5) is 2.66. The van der Waals surface area contributed by atoms with Gasteiger partial charge in [-0.15, -0.1) is 0 Å². The first kappa shape index (κ1) is 18.0. The summed E-state index contributed by atoms with van der Waals surface area (Å²) in [7, 11) is 0. The number of fused-ring (bicyclic) bond motifs is 1. The molecule has 1 atom stereocenters. The van der Waals surface area contributed by atoms with Crippen LogP contribution < -0.4 is 0 Å². The Morgan fingerprint density at radius 2 is 1.91 bits per heavy atom. The van der Waals surface area contributed by atoms with Gasteiger partial charge < -0.3 is 10.1 Å². The van der Waals surface area contributed by atoms with E-state index in [-0.39, 0.29) is 0 Å². The molecule has 1 aromatic rings. The van der Waals surface area contributed by atoms with E-state index in [9.17, 15) is 5.21 Å². The van der Waals surface area contributed by atoms with Crippen molar-refractivity contribution in [2.75, 3.05) is 13.1 Å². The largest absolute Gasteiger partial charge is 0.411 e. The summed E-state index contributed by atoms with van der Waals surface area (Å²) in [5.41, 5.74) is 4.89. The summed E-state index contributed by atoms with van der Waals surface area (Å²) in [6, 6.07) is 7.13. The summed E-state index contributed by atoms with van der Waals surface area (Å²) in [5, 5.41) is 13.0. The molecule has 23 heavy (non-hydrogen) atoms. The fourth-order valence-electron chi connectivity index (χ4n) is 3.88. The van der Waals surface area contributed by atoms with E-state index in [1.807, 2.05) is 0 Å². The minimum atomic E-state index is 0.630. The van der Waals surface area contributed by atoms with Crippen LogP contribution in [0.3, 0.4) is 0 Å². The highest BCUT2D eigenvalue weighted by atomic mass is 16.4. The van der Waals surface area contributed by atoms with Gasteiger partial charge in [-0.3, -0.25) is 0 Å². The monoisotopic (exact) mass is 316 g/mol. The molecule has 0 saturated carbocycles. The highest BCUT2D eigenvalue weighted by molar-refractivity contribution is 6.01. The SMILES string of the molecule is CCC/C(=N/O)c1cccc2c1CC(N(CCC)CCC)CC2. The van der Waals surface area contributed by atoms with Gasteiger partial charge in [0.15, 0.2) is 0 Å². The van der Waals surface area contributed by atoms with Crippen LogP contribution in [-0.4, -0.2) is 35.0 Å². The van der Waals surface area contributed by atoms with Gasteiger partial charge in [0.1, 0.15) is 0 Å². The lowest BCUT2D eigenvalue weighted by Gasteiger charge is -2.36. The van der Waals surface area contributed by atoms with Gasteiger partial charge in [0.25, 0.3) is 0 Å². The molecule has 1 unspecified atom stereocenters. The van der Waals surface area contributed by atoms with Crippen molar-refractivity contribution in [1.29, 1.82) is 0 Å². The average molecular weight is 316 g/mol. The number of nitrogens with zero attached hydrogens (tertiary/aromatic N) is 2. The summed E-state index contributed by atoms with van der Waals surface area (Å²) >= 11 is 0. The van der Waals surface area contributed by atoms with Crippen molar-refractivity contribution < 1.29 is 5.21 Å². The molecule has 0 aliphatic heterocycles. The number of benzene rings is 1. The zero-order chi connectivity index (χ0) is 16.7. The second kappa shape index (κ2) is 9.07. The number of hydrogen-bond acceptors (Lipinski definition) is 3. The Labute approximate surface area is 141 Å². The lowest BCUT2D eigenvalue weighted by Crippen LogP contribution is -2.40. The summed E-state index contributed by atoms with van der Waals surface area (Å²) in [5.74, 6) is 0. The maximum absolute atomic E-state index is 9.43. The molecule has 3 heteroatoms. The molecule has 0 aromatic heterocycles. The van der Waals surface area contributed by atoms with Gasteiger partial charge in [-0.2, -0.15) is 0 Å². The fourth-order valence-corrected chi connectivity index (χ4v) is 3.88. The minimum absolute atomic E-state index is 0.630. The Balaban J connectivity index is 2.27. The van der Waals surface area contributed by atoms with E-state index < -0.39 is 0 Å². The molecular weight excluding hydrogens is 284 g/mol. The highest BCUT2D eigenvalue weighted by Crippen LogP contribution is 2.29. The summed E-state index contributed by atoms with van der Waals surface area (Å²) in [6.45, 7) is 9.04. The molecule has 0 fully saturated rings. The lowest BCUT2D eigenvalue weighted by molar-refractivity contribution is 0.180. The molecular formula is C20H32N2O. The molecule has 0 spiro atoms. The number of oxime groups is 1. The first-order valence-electron chi connectivity index (χ1n) is 9.31. The van der Waals surface area contributed by atoms with E-state index in [0.717, 1.165) is 31.4 Å². The molecule has 0 heterocycles. The van der Waals surface area contributed by atoms with Gasteiger partial charge in [0.05, 0.1) is 5.71 Å². The van der Waals surface area contributed by atoms with Crippen LogP contribution in [0.5, 0.6) is 0 Å². The smallest absolute Gasteiger partial charge is 0.0870 e. The van der Waals surface area contributed by atoms with Gasteiger partial charge in [-0.25, -0.2) is 0 Å². The highest BCUT2D eigenvalue weighted by Gasteiger charge is 2.26. The zero-order valence-corrected chi connectivity index (χ0v) is 15.0. The van der Waals surface area contributed by atoms with Gasteiger partial charge in [-0.1, -0.05) is 50.5 Å². The molecule has 0 saturated heterocycles. The number of rotatable bonds is 8. The molecule has 1 aliphatic rings. The van der Waals surface area contributed by atoms with Crippen LogP contribution in [-0.2, 0) is 12.8 Å². The Kier molecular flexibility index (Phi) is 7.10. The van der Waals surface area contributed by atoms with Crippen LogP contribution in [0.2, 0.25) is 0 Å². The predicted octanol–water partition coefficient (Wildman–Crippen LogP) is 4.64. The lowest BCUT2D eigenvalue weighted by atomic mass is 9.83. The van der Waals surface area contributed by atoms with Crippen LogP contribution in [0.1, 0.15) is 69.6 Å². The van der Waals surface area contributed by atoms with Crippen molar-refractivity contribution in [2.24, 2.45) is 5.16 Å². The minimum Gasteiger partial charge on any atom is -0.411 e. The Morgan fingerprint density at radius 3 is 2.52 bits per heavy atom. The van der Waals surface area contributed by atoms with E-state index in [1.165, 1.54) is 49.0 Å². The molecule has 0 bridgehead atoms. The van der Waals surface area contributed by atoms with Crippen LogP contribution in [0.25, 0.3) is 0 Å². The van der Waals surface area contributed by atoms with Crippen LogP contribution >= 0.6 is 0 Å². The van der Waals surface area contributed by atoms with Gasteiger partial charge in [0.2, 0.25) is 0 Å². The van der Waals surface area contributed by atoms with Crippen LogP contribution in [0.15, 0.2) is 23.4 Å². The predicted molar refractivity (Wildman–Crippen MR) is 97.6 cm³/mol. The molecule has 1 N–H and O–H groups in total. The van der Waals surface area contributed by atoms with Crippen molar-refractivity contribution in [3.05, 3.63) is 34.9 Å². The quantitative estimate of drug-likeness (QED) is 0.431. The topological polar surface area (TPSA) is 35.8 Å². The number of hydrogen-bond donors (Lipinski definition) is 1. The molecule has 0 amide bonds. The van der Waals surface area contributed by atoms with E-state index in [1.54, 1.807) is 0 Å². The van der Waals surface area contributed by atoms with E-state index in [0.29, 0.717) is 6.04 Å². The summed E-state index contributed by atoms with van der Waals surface area (Å²) in [6.07, 6.45) is 7.75. The van der Waals surface area contributed by atoms with Gasteiger partial charge >= 0.3 is 0 Å². The molecule has 1 aromatic carbocycles. The van der Waals surface area contributed by atoms with E-state index in [2.05, 4.69) is 49.0 Å². The standard InChI is InChI=1S/C20H32N2O/c1-4-8-20(21-23)18-10-7-9-16-11-12-17(15-19(16)18)22(13-5-2)14-6-3/h7,9-10,17,23H,4-6,8,11-15H2,1-3H3/b21-20-. The van der Waals surface area contributed by atoms with Crippen molar-refractivity contribution in [2.45, 2.75) is 71.8 Å². The number of aryl methyl sites for hydroxylation is 1. The van der Waals surface area contributed by atoms with E-state index >= 15 is 0 Å². The summed E-state index contributed by atoms with van der Waals surface area (Å²) < 4.78 is 0. The first-order valence-corrected chi connectivity index (χ1v) is 9.31. The van der Waals surface area contributed by atoms with Crippen molar-refractivity contribution in [3.63, 3.8) is 0 Å². The first-order chi connectivity index (χ1) is 11.2. The Bertz CT molecular complexity index is 518. The Hall–Kier alpha value is -1.35. The molecule has 2 rings (SSSR count). The van der Waals surface area contributed by atoms with Gasteiger partial charge in [-0.05, 0) is 62.7 Å². The normalized spacial score (nSPS) is 18.3. The van der Waals surface area contributed by atoms with Crippen molar-refractivity contribution in [1.82, 2.24) is 4.90 Å². The van der Waals surface area contributed by atoms with Gasteiger partial charge in [0, 0.05) is 11.6 Å². The molecule has 0 radical (unpaired) electrons. The van der Waals surface area contributed by atoms with Crippen molar-refractivity contribution >= 4 is 5.71 Å². The Morgan fingerprint density at radius 1 is 1.17 bits per heavy atom. The molecule has 3 nitrogen and oxygen atoms in total. The second-order valence-electron chi connectivity index (χ2n) is 6.67. The molecule has 1 aliphatic carbocycles. The van der Waals surface area contributed by atoms with Crippen LogP contribution in [0.4, 0.5) is 0 Å². The van der Waals surface area contributed by atoms with Crippen LogP contribution in [0, 0.1) is 0 Å². The zero-order valence-electron chi connectivity index (χ0n) is 15.0. The second-order valence-corrected chi connectivity index (χ2v) is 6.67. The van der Waals surface area contributed by atoms with E-state index in [4.69, 9.17) is 0 Å². The fraction of sp³-hybridized carbons (Fsp3) is 0.650. The maximum atomic E-state index is 9.43. The molecule has 128 valence electrons. The third kappa shape index (κ3) is 4.35.